The molecular weight excluding hydrogens is 331 g/mol. The highest BCUT2D eigenvalue weighted by atomic mass is 27.0. The SMILES string of the molecule is CCCCCCOC(C=O)(OCCCCCC)OCCCCCC.[AlH3]. The molecule has 0 amide bonds. The van der Waals surface area contributed by atoms with E-state index >= 15 is 0 Å². The summed E-state index contributed by atoms with van der Waals surface area (Å²) in [6.45, 7) is 8.04. The molecule has 0 spiro atoms. The quantitative estimate of drug-likeness (QED) is 0.145. The summed E-state index contributed by atoms with van der Waals surface area (Å²) >= 11 is 0. The molecule has 0 saturated carbocycles. The van der Waals surface area contributed by atoms with Crippen LogP contribution in [-0.2, 0) is 19.0 Å². The normalized spacial score (nSPS) is 11.3. The molecule has 0 aliphatic carbocycles. The maximum atomic E-state index is 11.6. The maximum Gasteiger partial charge on any atom is 0.343 e. The molecule has 0 aliphatic heterocycles. The van der Waals surface area contributed by atoms with Crippen LogP contribution < -0.4 is 0 Å². The Morgan fingerprint density at radius 1 is 0.600 bits per heavy atom. The van der Waals surface area contributed by atoms with Crippen molar-refractivity contribution in [2.75, 3.05) is 19.8 Å². The summed E-state index contributed by atoms with van der Waals surface area (Å²) in [5.74, 6) is -1.50. The number of carbonyl (C=O) groups excluding carboxylic acids is 1. The summed E-state index contributed by atoms with van der Waals surface area (Å²) in [5, 5.41) is 0. The van der Waals surface area contributed by atoms with Crippen LogP contribution in [0.3, 0.4) is 0 Å². The number of hydrogen-bond donors (Lipinski definition) is 0. The van der Waals surface area contributed by atoms with Crippen molar-refractivity contribution >= 4 is 23.6 Å². The number of unbranched alkanes of at least 4 members (excludes halogenated alkanes) is 9. The Labute approximate surface area is 166 Å². The molecule has 0 heterocycles. The van der Waals surface area contributed by atoms with Gasteiger partial charge in [0.15, 0.2) is 17.4 Å². The van der Waals surface area contributed by atoms with Crippen LogP contribution in [0.5, 0.6) is 0 Å². The second-order valence-corrected chi connectivity index (χ2v) is 6.45. The van der Waals surface area contributed by atoms with Crippen molar-refractivity contribution in [3.63, 3.8) is 0 Å². The largest absolute Gasteiger partial charge is 0.343 e. The molecule has 0 fully saturated rings. The van der Waals surface area contributed by atoms with Crippen LogP contribution in [-0.4, -0.2) is 49.4 Å². The molecule has 150 valence electrons. The zero-order valence-corrected chi connectivity index (χ0v) is 16.3. The fourth-order valence-electron chi connectivity index (χ4n) is 2.46. The van der Waals surface area contributed by atoms with E-state index in [0.717, 1.165) is 38.5 Å². The van der Waals surface area contributed by atoms with E-state index in [2.05, 4.69) is 20.8 Å². The third-order valence-corrected chi connectivity index (χ3v) is 4.05. The van der Waals surface area contributed by atoms with Crippen molar-refractivity contribution in [3.05, 3.63) is 0 Å². The molecular formula is C20H43AlO4. The summed E-state index contributed by atoms with van der Waals surface area (Å²) in [7, 11) is 0. The average Bonchev–Trinajstić information content (AvgIpc) is 2.60. The van der Waals surface area contributed by atoms with E-state index in [1.807, 2.05) is 0 Å². The van der Waals surface area contributed by atoms with E-state index in [1.165, 1.54) is 38.5 Å². The molecule has 4 nitrogen and oxygen atoms in total. The van der Waals surface area contributed by atoms with Gasteiger partial charge in [-0.1, -0.05) is 78.6 Å². The van der Waals surface area contributed by atoms with Crippen LogP contribution in [0.25, 0.3) is 0 Å². The van der Waals surface area contributed by atoms with E-state index in [-0.39, 0.29) is 17.4 Å². The van der Waals surface area contributed by atoms with E-state index in [1.54, 1.807) is 0 Å². The van der Waals surface area contributed by atoms with Gasteiger partial charge in [-0.15, -0.1) is 0 Å². The molecule has 5 heteroatoms. The lowest BCUT2D eigenvalue weighted by Crippen LogP contribution is -2.42. The fourth-order valence-corrected chi connectivity index (χ4v) is 2.46. The lowest BCUT2D eigenvalue weighted by Gasteiger charge is -2.28. The minimum Gasteiger partial charge on any atom is -0.321 e. The molecule has 0 radical (unpaired) electrons. The monoisotopic (exact) mass is 374 g/mol. The van der Waals surface area contributed by atoms with Gasteiger partial charge in [0, 0.05) is 0 Å². The summed E-state index contributed by atoms with van der Waals surface area (Å²) in [5.41, 5.74) is 0. The van der Waals surface area contributed by atoms with Gasteiger partial charge < -0.3 is 14.2 Å². The summed E-state index contributed by atoms with van der Waals surface area (Å²) in [6, 6.07) is 0. The number of ether oxygens (including phenoxy) is 3. The lowest BCUT2D eigenvalue weighted by molar-refractivity contribution is -0.347. The number of hydrogen-bond acceptors (Lipinski definition) is 4. The number of carbonyl (C=O) groups is 1. The van der Waals surface area contributed by atoms with Crippen molar-refractivity contribution in [1.82, 2.24) is 0 Å². The third kappa shape index (κ3) is 16.0. The number of aldehydes is 1. The first-order valence-electron chi connectivity index (χ1n) is 10.1. The average molecular weight is 375 g/mol. The minimum atomic E-state index is -1.50. The number of rotatable bonds is 19. The van der Waals surface area contributed by atoms with Gasteiger partial charge in [0.05, 0.1) is 19.8 Å². The van der Waals surface area contributed by atoms with Gasteiger partial charge in [0.25, 0.3) is 0 Å². The minimum absolute atomic E-state index is 0. The van der Waals surface area contributed by atoms with Crippen LogP contribution in [0.1, 0.15) is 97.8 Å². The van der Waals surface area contributed by atoms with Gasteiger partial charge in [-0.25, -0.2) is 0 Å². The topological polar surface area (TPSA) is 44.8 Å². The Hall–Kier alpha value is 0.0825. The van der Waals surface area contributed by atoms with Crippen molar-refractivity contribution in [3.8, 4) is 0 Å². The van der Waals surface area contributed by atoms with E-state index in [9.17, 15) is 4.79 Å². The zero-order valence-electron chi connectivity index (χ0n) is 16.3. The Kier molecular flexibility index (Phi) is 22.3. The molecule has 0 atom stereocenters. The molecule has 0 aliphatic rings. The molecule has 0 bridgehead atoms. The van der Waals surface area contributed by atoms with Crippen molar-refractivity contribution < 1.29 is 19.0 Å². The van der Waals surface area contributed by atoms with Crippen LogP contribution in [0.2, 0.25) is 0 Å². The smallest absolute Gasteiger partial charge is 0.321 e. The van der Waals surface area contributed by atoms with Crippen molar-refractivity contribution in [2.45, 2.75) is 104 Å². The van der Waals surface area contributed by atoms with Gasteiger partial charge in [-0.3, -0.25) is 4.79 Å². The van der Waals surface area contributed by atoms with Crippen LogP contribution in [0.4, 0.5) is 0 Å². The standard InChI is InChI=1S/C20H40O4.Al.3H/c1-4-7-10-13-16-22-20(19-21,23-17-14-11-8-5-2)24-18-15-12-9-6-3;;;;/h19H,4-18H2,1-3H3;;;;. The Balaban J connectivity index is 0. The molecule has 0 N–H and O–H groups in total. The molecule has 0 aromatic carbocycles. The van der Waals surface area contributed by atoms with E-state index < -0.39 is 5.97 Å². The van der Waals surface area contributed by atoms with Gasteiger partial charge in [0.1, 0.15) is 0 Å². The second kappa shape index (κ2) is 20.4. The maximum absolute atomic E-state index is 11.6. The summed E-state index contributed by atoms with van der Waals surface area (Å²) < 4.78 is 17.2. The van der Waals surface area contributed by atoms with Crippen molar-refractivity contribution in [1.29, 1.82) is 0 Å². The predicted molar refractivity (Wildman–Crippen MR) is 109 cm³/mol. The van der Waals surface area contributed by atoms with Gasteiger partial charge in [-0.05, 0) is 19.3 Å². The van der Waals surface area contributed by atoms with Gasteiger partial charge in [-0.2, -0.15) is 0 Å². The Morgan fingerprint density at radius 3 is 1.16 bits per heavy atom. The Morgan fingerprint density at radius 2 is 0.920 bits per heavy atom. The fraction of sp³-hybridized carbons (Fsp3) is 0.950. The van der Waals surface area contributed by atoms with Gasteiger partial charge >= 0.3 is 5.97 Å². The highest BCUT2D eigenvalue weighted by molar-refractivity contribution is 5.75. The molecule has 0 rings (SSSR count). The molecule has 0 aromatic heterocycles. The van der Waals surface area contributed by atoms with Crippen molar-refractivity contribution in [2.24, 2.45) is 0 Å². The zero-order chi connectivity index (χ0) is 17.9. The lowest BCUT2D eigenvalue weighted by atomic mass is 10.2. The highest BCUT2D eigenvalue weighted by Gasteiger charge is 2.33. The van der Waals surface area contributed by atoms with E-state index in [4.69, 9.17) is 14.2 Å². The molecule has 0 unspecified atom stereocenters. The molecule has 0 aromatic rings. The first kappa shape index (κ1) is 27.3. The van der Waals surface area contributed by atoms with Crippen LogP contribution in [0, 0.1) is 0 Å². The third-order valence-electron chi connectivity index (χ3n) is 4.05. The summed E-state index contributed by atoms with van der Waals surface area (Å²) in [6.07, 6.45) is 13.9. The van der Waals surface area contributed by atoms with Gasteiger partial charge in [0.2, 0.25) is 6.29 Å². The highest BCUT2D eigenvalue weighted by Crippen LogP contribution is 2.17. The Bertz CT molecular complexity index is 238. The molecule has 25 heavy (non-hydrogen) atoms. The first-order valence-corrected chi connectivity index (χ1v) is 10.1. The molecule has 0 saturated heterocycles. The van der Waals surface area contributed by atoms with Crippen LogP contribution in [0.15, 0.2) is 0 Å². The first-order chi connectivity index (χ1) is 11.7. The van der Waals surface area contributed by atoms with Crippen LogP contribution >= 0.6 is 0 Å². The predicted octanol–water partition coefficient (Wildman–Crippen LogP) is 4.45. The second-order valence-electron chi connectivity index (χ2n) is 6.45. The van der Waals surface area contributed by atoms with E-state index in [0.29, 0.717) is 26.1 Å². The summed E-state index contributed by atoms with van der Waals surface area (Å²) in [4.78, 5) is 11.6.